The van der Waals surface area contributed by atoms with Gasteiger partial charge < -0.3 is 15.2 Å². The number of esters is 1. The van der Waals surface area contributed by atoms with E-state index < -0.39 is 16.8 Å². The van der Waals surface area contributed by atoms with Gasteiger partial charge in [0.15, 0.2) is 0 Å². The first-order valence-corrected chi connectivity index (χ1v) is 12.0. The van der Waals surface area contributed by atoms with Crippen molar-refractivity contribution in [2.75, 3.05) is 6.61 Å². The lowest BCUT2D eigenvalue weighted by Gasteiger charge is -2.40. The van der Waals surface area contributed by atoms with E-state index >= 15 is 0 Å². The minimum Gasteiger partial charge on any atom is -0.476 e. The Morgan fingerprint density at radius 2 is 1.97 bits per heavy atom. The molecule has 0 amide bonds. The molecule has 0 bridgehead atoms. The molecule has 7 heteroatoms. The van der Waals surface area contributed by atoms with Crippen molar-refractivity contribution in [1.29, 1.82) is 5.41 Å². The van der Waals surface area contributed by atoms with Crippen molar-refractivity contribution in [3.05, 3.63) is 52.5 Å². The average molecular weight is 470 g/mol. The molecule has 3 N–H and O–H groups in total. The van der Waals surface area contributed by atoms with E-state index in [1.807, 2.05) is 46.8 Å². The number of allylic oxidation sites excluding steroid dienone is 4. The first-order valence-electron chi connectivity index (χ1n) is 12.0. The molecule has 0 radical (unpaired) electrons. The maximum absolute atomic E-state index is 15.0. The lowest BCUT2D eigenvalue weighted by molar-refractivity contribution is -0.176. The van der Waals surface area contributed by atoms with E-state index in [2.05, 4.69) is 4.98 Å². The van der Waals surface area contributed by atoms with Crippen molar-refractivity contribution in [1.82, 2.24) is 4.98 Å². The number of amidine groups is 1. The zero-order valence-electron chi connectivity index (χ0n) is 20.9. The van der Waals surface area contributed by atoms with Crippen LogP contribution in [0, 0.1) is 10.8 Å². The number of hydrogen-bond acceptors (Lipinski definition) is 5. The summed E-state index contributed by atoms with van der Waals surface area (Å²) >= 11 is 0. The highest BCUT2D eigenvalue weighted by atomic mass is 19.1. The summed E-state index contributed by atoms with van der Waals surface area (Å²) in [6, 6.07) is 1.86. The number of halogens is 1. The van der Waals surface area contributed by atoms with Crippen LogP contribution in [-0.2, 0) is 16.0 Å². The van der Waals surface area contributed by atoms with Gasteiger partial charge in [-0.25, -0.2) is 9.37 Å². The molecule has 3 rings (SSSR count). The van der Waals surface area contributed by atoms with Crippen LogP contribution in [0.2, 0.25) is 0 Å². The number of carbonyl (C=O) groups is 1. The zero-order chi connectivity index (χ0) is 25.1. The average Bonchev–Trinajstić information content (AvgIpc) is 2.89. The molecule has 1 aromatic rings. The van der Waals surface area contributed by atoms with Crippen molar-refractivity contribution in [2.24, 2.45) is 11.1 Å². The summed E-state index contributed by atoms with van der Waals surface area (Å²) in [5.41, 5.74) is 7.96. The highest BCUT2D eigenvalue weighted by Crippen LogP contribution is 2.43. The number of pyridine rings is 1. The van der Waals surface area contributed by atoms with E-state index in [9.17, 15) is 9.18 Å². The van der Waals surface area contributed by atoms with Crippen LogP contribution in [0.5, 0.6) is 5.88 Å². The Morgan fingerprint density at radius 3 is 2.50 bits per heavy atom. The third kappa shape index (κ3) is 5.57. The van der Waals surface area contributed by atoms with Crippen LogP contribution in [0.25, 0.3) is 5.57 Å². The second kappa shape index (κ2) is 10.1. The molecular weight excluding hydrogens is 433 g/mol. The molecule has 1 aromatic heterocycles. The summed E-state index contributed by atoms with van der Waals surface area (Å²) in [7, 11) is 0. The molecule has 2 aliphatic rings. The molecule has 34 heavy (non-hydrogen) atoms. The normalized spacial score (nSPS) is 17.8. The lowest BCUT2D eigenvalue weighted by Crippen LogP contribution is -2.46. The Balaban J connectivity index is 1.81. The molecule has 1 heterocycles. The van der Waals surface area contributed by atoms with Gasteiger partial charge in [-0.15, -0.1) is 0 Å². The number of aromatic nitrogens is 1. The van der Waals surface area contributed by atoms with Crippen LogP contribution in [0.4, 0.5) is 4.39 Å². The first kappa shape index (κ1) is 25.7. The van der Waals surface area contributed by atoms with Crippen LogP contribution in [0.3, 0.4) is 0 Å². The molecule has 184 valence electrons. The summed E-state index contributed by atoms with van der Waals surface area (Å²) in [5.74, 6) is -0.540. The molecular formula is C27H36FN3O3. The molecule has 1 saturated carbocycles. The van der Waals surface area contributed by atoms with Crippen molar-refractivity contribution in [2.45, 2.75) is 78.7 Å². The number of carbonyl (C=O) groups excluding carboxylic acids is 1. The molecule has 6 nitrogen and oxygen atoms in total. The van der Waals surface area contributed by atoms with Crippen LogP contribution in [-0.4, -0.2) is 29.0 Å². The van der Waals surface area contributed by atoms with E-state index in [1.165, 1.54) is 6.08 Å². The number of nitrogens with one attached hydrogen (secondary N) is 1. The summed E-state index contributed by atoms with van der Waals surface area (Å²) in [4.78, 5) is 17.2. The van der Waals surface area contributed by atoms with E-state index in [1.54, 1.807) is 6.20 Å². The van der Waals surface area contributed by atoms with Crippen molar-refractivity contribution in [3.8, 4) is 5.88 Å². The fourth-order valence-corrected chi connectivity index (χ4v) is 4.32. The van der Waals surface area contributed by atoms with Gasteiger partial charge in [0.05, 0.1) is 5.57 Å². The summed E-state index contributed by atoms with van der Waals surface area (Å²) in [5, 5.41) is 7.78. The molecule has 0 aliphatic heterocycles. The predicted molar refractivity (Wildman–Crippen MR) is 132 cm³/mol. The quantitative estimate of drug-likeness (QED) is 0.284. The summed E-state index contributed by atoms with van der Waals surface area (Å²) in [6.45, 7) is 9.77. The zero-order valence-corrected chi connectivity index (χ0v) is 20.9. The molecule has 1 fully saturated rings. The van der Waals surface area contributed by atoms with Gasteiger partial charge in [0.25, 0.3) is 0 Å². The third-order valence-corrected chi connectivity index (χ3v) is 6.43. The maximum atomic E-state index is 15.0. The van der Waals surface area contributed by atoms with Gasteiger partial charge in [-0.3, -0.25) is 10.2 Å². The van der Waals surface area contributed by atoms with Gasteiger partial charge in [-0.05, 0) is 70.1 Å². The minimum absolute atomic E-state index is 0.188. The number of hydrogen-bond donors (Lipinski definition) is 2. The van der Waals surface area contributed by atoms with Gasteiger partial charge in [0.1, 0.15) is 29.3 Å². The van der Waals surface area contributed by atoms with Crippen molar-refractivity contribution < 1.29 is 18.7 Å². The second-order valence-electron chi connectivity index (χ2n) is 10.1. The van der Waals surface area contributed by atoms with E-state index in [0.29, 0.717) is 30.7 Å². The molecule has 0 saturated heterocycles. The monoisotopic (exact) mass is 469 g/mol. The summed E-state index contributed by atoms with van der Waals surface area (Å²) in [6.07, 6.45) is 9.36. The minimum atomic E-state index is -0.624. The van der Waals surface area contributed by atoms with Crippen LogP contribution < -0.4 is 10.5 Å². The fourth-order valence-electron chi connectivity index (χ4n) is 4.32. The van der Waals surface area contributed by atoms with Gasteiger partial charge in [0, 0.05) is 17.8 Å². The Morgan fingerprint density at radius 1 is 1.26 bits per heavy atom. The van der Waals surface area contributed by atoms with Crippen molar-refractivity contribution in [3.63, 3.8) is 0 Å². The second-order valence-corrected chi connectivity index (χ2v) is 10.1. The Labute approximate surface area is 201 Å². The summed E-state index contributed by atoms with van der Waals surface area (Å²) < 4.78 is 26.6. The number of ether oxygens (including phenoxy) is 2. The van der Waals surface area contributed by atoms with E-state index in [-0.39, 0.29) is 24.0 Å². The maximum Gasteiger partial charge on any atom is 0.316 e. The molecule has 0 unspecified atom stereocenters. The predicted octanol–water partition coefficient (Wildman–Crippen LogP) is 5.82. The molecule has 0 aromatic carbocycles. The molecule has 0 atom stereocenters. The standard InChI is InChI=1S/C27H36FN3O3/c1-6-17-9-10-19(13-21(28)23(17)24(29)30)20-15-31-22(14-18(20)7-2)33-16-27(11-8-12-27)25(32)34-26(3,4)5/h10,13-15H,6-9,11-12,16H2,1-5H3,(H3,29,30). The van der Waals surface area contributed by atoms with Crippen LogP contribution in [0.15, 0.2) is 41.4 Å². The number of nitrogens with two attached hydrogens (primary N) is 1. The first-order chi connectivity index (χ1) is 16.0. The fraction of sp³-hybridized carbons (Fsp3) is 0.519. The van der Waals surface area contributed by atoms with Crippen LogP contribution >= 0.6 is 0 Å². The molecule has 0 spiro atoms. The Bertz CT molecular complexity index is 1060. The number of rotatable bonds is 8. The highest BCUT2D eigenvalue weighted by molar-refractivity contribution is 6.00. The van der Waals surface area contributed by atoms with Crippen molar-refractivity contribution >= 4 is 17.4 Å². The van der Waals surface area contributed by atoms with Gasteiger partial charge >= 0.3 is 5.97 Å². The third-order valence-electron chi connectivity index (χ3n) is 6.43. The number of nitrogens with zero attached hydrogens (tertiary/aromatic N) is 1. The van der Waals surface area contributed by atoms with Gasteiger partial charge in [0.2, 0.25) is 5.88 Å². The highest BCUT2D eigenvalue weighted by Gasteiger charge is 2.47. The Kier molecular flexibility index (Phi) is 7.64. The van der Waals surface area contributed by atoms with E-state index in [0.717, 1.165) is 36.0 Å². The smallest absolute Gasteiger partial charge is 0.316 e. The van der Waals surface area contributed by atoms with E-state index in [4.69, 9.17) is 20.6 Å². The van der Waals surface area contributed by atoms with Gasteiger partial charge in [-0.2, -0.15) is 0 Å². The SMILES string of the molecule is CCC1=C(C(=N)N)C(F)=CC(c2cnc(OCC3(C(=O)OC(C)(C)C)CCC3)cc2CC)=CC1. The number of aryl methyl sites for hydroxylation is 1. The Hall–Kier alpha value is -2.96. The molecule has 2 aliphatic carbocycles. The van der Waals surface area contributed by atoms with Crippen LogP contribution in [0.1, 0.15) is 77.8 Å². The largest absolute Gasteiger partial charge is 0.476 e. The lowest BCUT2D eigenvalue weighted by atomic mass is 9.69. The topological polar surface area (TPSA) is 98.3 Å². The van der Waals surface area contributed by atoms with Gasteiger partial charge in [-0.1, -0.05) is 31.9 Å².